The number of nitrogens with one attached hydrogen (secondary N) is 1. The van der Waals surface area contributed by atoms with E-state index in [1.54, 1.807) is 34.6 Å². The van der Waals surface area contributed by atoms with Crippen LogP contribution in [-0.2, 0) is 23.7 Å². The summed E-state index contributed by atoms with van der Waals surface area (Å²) in [5.74, 6) is -0.634. The van der Waals surface area contributed by atoms with Crippen LogP contribution in [0.3, 0.4) is 0 Å². The molecule has 0 unspecified atom stereocenters. The lowest BCUT2D eigenvalue weighted by Crippen LogP contribution is -2.50. The Labute approximate surface area is 154 Å². The fourth-order valence-electron chi connectivity index (χ4n) is 2.33. The zero-order chi connectivity index (χ0) is 19.9. The first-order valence-corrected chi connectivity index (χ1v) is 8.71. The van der Waals surface area contributed by atoms with Crippen LogP contribution in [0.1, 0.15) is 41.0 Å². The molecule has 150 valence electrons. The maximum absolute atomic E-state index is 12.4. The number of ether oxygens (including phenoxy) is 4. The number of rotatable bonds is 4. The first-order chi connectivity index (χ1) is 12.0. The van der Waals surface area contributed by atoms with Gasteiger partial charge in [-0.05, 0) is 34.6 Å². The molecule has 1 heterocycles. The fraction of sp³-hybridized carbons (Fsp3) is 0.778. The molecule has 1 rings (SSSR count). The Bertz CT molecular complexity index is 500. The van der Waals surface area contributed by atoms with Gasteiger partial charge in [-0.15, -0.1) is 0 Å². The van der Waals surface area contributed by atoms with Gasteiger partial charge in [0.1, 0.15) is 30.0 Å². The summed E-state index contributed by atoms with van der Waals surface area (Å²) in [6.45, 7) is 12.8. The van der Waals surface area contributed by atoms with Gasteiger partial charge in [0.05, 0.1) is 13.2 Å². The SMILES string of the molecule is C=C(C)CO[C@H]1[C@H](C)OC(=O)[C@@H](NC(=O)OC(C)(C)C)CCOC[C@@H]1O. The van der Waals surface area contributed by atoms with Gasteiger partial charge in [0.2, 0.25) is 0 Å². The minimum Gasteiger partial charge on any atom is -0.458 e. The van der Waals surface area contributed by atoms with Crippen LogP contribution in [0.4, 0.5) is 4.79 Å². The van der Waals surface area contributed by atoms with E-state index in [2.05, 4.69) is 11.9 Å². The van der Waals surface area contributed by atoms with Crippen molar-refractivity contribution >= 4 is 12.1 Å². The Hall–Kier alpha value is -1.64. The molecule has 8 nitrogen and oxygen atoms in total. The number of amides is 1. The lowest BCUT2D eigenvalue weighted by molar-refractivity contribution is -0.171. The second kappa shape index (κ2) is 9.89. The molecule has 1 saturated heterocycles. The average Bonchev–Trinajstić information content (AvgIpc) is 2.47. The molecule has 0 aromatic heterocycles. The van der Waals surface area contributed by atoms with E-state index in [1.165, 1.54) is 0 Å². The van der Waals surface area contributed by atoms with Gasteiger partial charge in [0.25, 0.3) is 0 Å². The van der Waals surface area contributed by atoms with Crippen molar-refractivity contribution in [1.82, 2.24) is 5.32 Å². The summed E-state index contributed by atoms with van der Waals surface area (Å²) in [5, 5.41) is 12.7. The lowest BCUT2D eigenvalue weighted by atomic mass is 10.1. The minimum atomic E-state index is -0.951. The summed E-state index contributed by atoms with van der Waals surface area (Å²) >= 11 is 0. The van der Waals surface area contributed by atoms with Crippen molar-refractivity contribution in [2.75, 3.05) is 19.8 Å². The molecule has 0 spiro atoms. The van der Waals surface area contributed by atoms with E-state index < -0.39 is 42.0 Å². The molecule has 0 aliphatic carbocycles. The predicted molar refractivity (Wildman–Crippen MR) is 94.7 cm³/mol. The zero-order valence-electron chi connectivity index (χ0n) is 16.2. The molecule has 8 heteroatoms. The van der Waals surface area contributed by atoms with Crippen molar-refractivity contribution in [3.8, 4) is 0 Å². The van der Waals surface area contributed by atoms with E-state index in [-0.39, 0.29) is 26.2 Å². The van der Waals surface area contributed by atoms with Gasteiger partial charge >= 0.3 is 12.1 Å². The molecule has 0 aromatic carbocycles. The molecule has 2 N–H and O–H groups in total. The summed E-state index contributed by atoms with van der Waals surface area (Å²) < 4.78 is 21.6. The maximum atomic E-state index is 12.4. The van der Waals surface area contributed by atoms with E-state index >= 15 is 0 Å². The zero-order valence-corrected chi connectivity index (χ0v) is 16.2. The molecular formula is C18H31NO7. The third-order valence-corrected chi connectivity index (χ3v) is 3.48. The molecule has 0 saturated carbocycles. The lowest BCUT2D eigenvalue weighted by Gasteiger charge is -2.31. The number of hydrogen-bond donors (Lipinski definition) is 2. The van der Waals surface area contributed by atoms with Crippen LogP contribution < -0.4 is 5.32 Å². The monoisotopic (exact) mass is 373 g/mol. The standard InChI is InChI=1S/C18H31NO7/c1-11(2)9-24-15-12(3)25-16(21)13(7-8-23-10-14(15)20)19-17(22)26-18(4,5)6/h12-15,20H,1,7-10H2,2-6H3,(H,19,22)/t12-,13-,14-,15-/m0/s1. The number of cyclic esters (lactones) is 1. The van der Waals surface area contributed by atoms with Crippen LogP contribution in [0.5, 0.6) is 0 Å². The highest BCUT2D eigenvalue weighted by Gasteiger charge is 2.34. The smallest absolute Gasteiger partial charge is 0.408 e. The number of aliphatic hydroxyl groups is 1. The van der Waals surface area contributed by atoms with E-state index in [4.69, 9.17) is 18.9 Å². The fourth-order valence-corrected chi connectivity index (χ4v) is 2.33. The summed E-state index contributed by atoms with van der Waals surface area (Å²) in [6, 6.07) is -0.913. The van der Waals surface area contributed by atoms with Crippen LogP contribution in [0, 0.1) is 0 Å². The summed E-state index contributed by atoms with van der Waals surface area (Å²) in [4.78, 5) is 24.4. The number of aliphatic hydroxyl groups excluding tert-OH is 1. The highest BCUT2D eigenvalue weighted by Crippen LogP contribution is 2.15. The third kappa shape index (κ3) is 8.16. The van der Waals surface area contributed by atoms with Crippen LogP contribution in [-0.4, -0.2) is 66.9 Å². The Morgan fingerprint density at radius 2 is 2.08 bits per heavy atom. The first-order valence-electron chi connectivity index (χ1n) is 8.71. The first kappa shape index (κ1) is 22.4. The quantitative estimate of drug-likeness (QED) is 0.569. The highest BCUT2D eigenvalue weighted by molar-refractivity contribution is 5.81. The Kier molecular flexibility index (Phi) is 8.52. The second-order valence-corrected chi connectivity index (χ2v) is 7.50. The van der Waals surface area contributed by atoms with Gasteiger partial charge in [0, 0.05) is 13.0 Å². The van der Waals surface area contributed by atoms with Crippen molar-refractivity contribution in [3.05, 3.63) is 12.2 Å². The number of esters is 1. The van der Waals surface area contributed by atoms with Crippen molar-refractivity contribution < 1.29 is 33.6 Å². The summed E-state index contributed by atoms with van der Waals surface area (Å²) in [5.41, 5.74) is 0.0949. The number of carbonyl (C=O) groups is 2. The third-order valence-electron chi connectivity index (χ3n) is 3.48. The number of alkyl carbamates (subject to hydrolysis) is 1. The molecule has 4 atom stereocenters. The molecule has 26 heavy (non-hydrogen) atoms. The van der Waals surface area contributed by atoms with Gasteiger partial charge in [0.15, 0.2) is 0 Å². The van der Waals surface area contributed by atoms with Crippen LogP contribution in [0.15, 0.2) is 12.2 Å². The average molecular weight is 373 g/mol. The molecular weight excluding hydrogens is 342 g/mol. The van der Waals surface area contributed by atoms with E-state index in [0.717, 1.165) is 5.57 Å². The van der Waals surface area contributed by atoms with Crippen molar-refractivity contribution in [2.45, 2.75) is 71.0 Å². The van der Waals surface area contributed by atoms with Crippen LogP contribution >= 0.6 is 0 Å². The minimum absolute atomic E-state index is 0.0297. The normalized spacial score (nSPS) is 28.0. The highest BCUT2D eigenvalue weighted by atomic mass is 16.6. The van der Waals surface area contributed by atoms with Crippen molar-refractivity contribution in [1.29, 1.82) is 0 Å². The Morgan fingerprint density at radius 1 is 1.42 bits per heavy atom. The van der Waals surface area contributed by atoms with E-state index in [9.17, 15) is 14.7 Å². The van der Waals surface area contributed by atoms with Crippen LogP contribution in [0.2, 0.25) is 0 Å². The predicted octanol–water partition coefficient (Wildman–Crippen LogP) is 1.55. The van der Waals surface area contributed by atoms with Gasteiger partial charge in [-0.25, -0.2) is 9.59 Å². The molecule has 1 aliphatic rings. The molecule has 0 bridgehead atoms. The molecule has 1 amide bonds. The summed E-state index contributed by atoms with van der Waals surface area (Å²) in [6.07, 6.45) is -2.96. The molecule has 1 fully saturated rings. The Balaban J connectivity index is 2.78. The Morgan fingerprint density at radius 3 is 2.65 bits per heavy atom. The van der Waals surface area contributed by atoms with Crippen molar-refractivity contribution in [2.24, 2.45) is 0 Å². The van der Waals surface area contributed by atoms with Crippen molar-refractivity contribution in [3.63, 3.8) is 0 Å². The molecule has 1 aliphatic heterocycles. The maximum Gasteiger partial charge on any atom is 0.408 e. The largest absolute Gasteiger partial charge is 0.458 e. The van der Waals surface area contributed by atoms with E-state index in [1.807, 2.05) is 0 Å². The molecule has 0 radical (unpaired) electrons. The van der Waals surface area contributed by atoms with E-state index in [0.29, 0.717) is 0 Å². The summed E-state index contributed by atoms with van der Waals surface area (Å²) in [7, 11) is 0. The second-order valence-electron chi connectivity index (χ2n) is 7.50. The number of hydrogen-bond acceptors (Lipinski definition) is 7. The topological polar surface area (TPSA) is 103 Å². The molecule has 0 aromatic rings. The van der Waals surface area contributed by atoms with Gasteiger partial charge in [-0.2, -0.15) is 0 Å². The van der Waals surface area contributed by atoms with Gasteiger partial charge in [-0.3, -0.25) is 0 Å². The number of carbonyl (C=O) groups excluding carboxylic acids is 2. The van der Waals surface area contributed by atoms with Crippen LogP contribution in [0.25, 0.3) is 0 Å². The van der Waals surface area contributed by atoms with Gasteiger partial charge < -0.3 is 29.4 Å². The van der Waals surface area contributed by atoms with Gasteiger partial charge in [-0.1, -0.05) is 12.2 Å².